The number of nitriles is 1. The van der Waals surface area contributed by atoms with Crippen LogP contribution in [-0.2, 0) is 11.3 Å². The van der Waals surface area contributed by atoms with Crippen molar-refractivity contribution >= 4 is 23.6 Å². The minimum Gasteiger partial charge on any atom is -0.467 e. The van der Waals surface area contributed by atoms with Gasteiger partial charge in [0.25, 0.3) is 0 Å². The van der Waals surface area contributed by atoms with E-state index >= 15 is 0 Å². The lowest BCUT2D eigenvalue weighted by Gasteiger charge is -2.21. The second-order valence-corrected chi connectivity index (χ2v) is 8.68. The molecule has 1 fully saturated rings. The normalized spacial score (nSPS) is 13.3. The van der Waals surface area contributed by atoms with Gasteiger partial charge < -0.3 is 14.2 Å². The molecule has 1 amide bonds. The standard InChI is InChI=1S/C23H26N6O2S/c1-18-7-9-19(10-8-18)29-22(27-12-2-3-13-27)25-26-23(29)32-17-21(30)28(14-5-11-24)16-20-6-4-15-31-20/h4,6-10,15H,2-3,5,12-14,16-17H2,1H3. The first-order valence-corrected chi connectivity index (χ1v) is 11.7. The molecule has 4 rings (SSSR count). The number of rotatable bonds is 9. The SMILES string of the molecule is Cc1ccc(-n2c(SCC(=O)N(CCC#N)Cc3ccco3)nnc2N2CCCC2)cc1. The van der Waals surface area contributed by atoms with Gasteiger partial charge in [-0.25, -0.2) is 0 Å². The highest BCUT2D eigenvalue weighted by atomic mass is 32.2. The fraction of sp³-hybridized carbons (Fsp3) is 0.391. The molecule has 9 heteroatoms. The molecule has 8 nitrogen and oxygen atoms in total. The summed E-state index contributed by atoms with van der Waals surface area (Å²) in [5.41, 5.74) is 2.16. The molecule has 32 heavy (non-hydrogen) atoms. The third kappa shape index (κ3) is 5.14. The van der Waals surface area contributed by atoms with Gasteiger partial charge in [-0.2, -0.15) is 5.26 Å². The van der Waals surface area contributed by atoms with Crippen molar-refractivity contribution in [3.8, 4) is 11.8 Å². The summed E-state index contributed by atoms with van der Waals surface area (Å²) in [6.45, 7) is 4.68. The molecule has 1 saturated heterocycles. The predicted molar refractivity (Wildman–Crippen MR) is 123 cm³/mol. The maximum absolute atomic E-state index is 13.0. The average Bonchev–Trinajstić information content (AvgIpc) is 3.57. The lowest BCUT2D eigenvalue weighted by Crippen LogP contribution is -2.32. The van der Waals surface area contributed by atoms with Crippen LogP contribution in [0.2, 0.25) is 0 Å². The Balaban J connectivity index is 1.53. The van der Waals surface area contributed by atoms with Gasteiger partial charge in [0.1, 0.15) is 5.76 Å². The molecular weight excluding hydrogens is 424 g/mol. The molecular formula is C23H26N6O2S. The van der Waals surface area contributed by atoms with Gasteiger partial charge in [-0.05, 0) is 44.0 Å². The molecule has 3 aromatic rings. The zero-order valence-electron chi connectivity index (χ0n) is 18.1. The first-order valence-electron chi connectivity index (χ1n) is 10.7. The molecule has 2 aromatic heterocycles. The molecule has 3 heterocycles. The number of benzene rings is 1. The molecule has 0 unspecified atom stereocenters. The smallest absolute Gasteiger partial charge is 0.233 e. The van der Waals surface area contributed by atoms with Crippen molar-refractivity contribution in [1.29, 1.82) is 5.26 Å². The molecule has 166 valence electrons. The number of nitrogens with zero attached hydrogens (tertiary/aromatic N) is 6. The fourth-order valence-corrected chi connectivity index (χ4v) is 4.53. The number of furan rings is 1. The monoisotopic (exact) mass is 450 g/mol. The van der Waals surface area contributed by atoms with Crippen LogP contribution in [0.15, 0.2) is 52.2 Å². The van der Waals surface area contributed by atoms with Gasteiger partial charge in [-0.3, -0.25) is 9.36 Å². The van der Waals surface area contributed by atoms with E-state index in [1.54, 1.807) is 17.2 Å². The van der Waals surface area contributed by atoms with Gasteiger partial charge in [-0.1, -0.05) is 29.5 Å². The zero-order valence-corrected chi connectivity index (χ0v) is 18.9. The Labute approximate surface area is 191 Å². The van der Waals surface area contributed by atoms with Crippen molar-refractivity contribution < 1.29 is 9.21 Å². The van der Waals surface area contributed by atoms with Crippen LogP contribution < -0.4 is 4.90 Å². The molecule has 0 bridgehead atoms. The number of anilines is 1. The van der Waals surface area contributed by atoms with Crippen LogP contribution in [0.3, 0.4) is 0 Å². The number of carbonyl (C=O) groups is 1. The zero-order chi connectivity index (χ0) is 22.3. The van der Waals surface area contributed by atoms with Crippen LogP contribution in [0.1, 0.15) is 30.6 Å². The second-order valence-electron chi connectivity index (χ2n) is 7.74. The maximum Gasteiger partial charge on any atom is 0.233 e. The van der Waals surface area contributed by atoms with E-state index in [1.807, 2.05) is 10.6 Å². The molecule has 1 aliphatic rings. The van der Waals surface area contributed by atoms with Crippen molar-refractivity contribution in [3.05, 3.63) is 54.0 Å². The molecule has 0 aliphatic carbocycles. The summed E-state index contributed by atoms with van der Waals surface area (Å²) in [4.78, 5) is 16.9. The predicted octanol–water partition coefficient (Wildman–Crippen LogP) is 3.80. The number of thioether (sulfide) groups is 1. The Bertz CT molecular complexity index is 1070. The van der Waals surface area contributed by atoms with E-state index in [2.05, 4.69) is 52.4 Å². The number of amides is 1. The minimum absolute atomic E-state index is 0.0668. The van der Waals surface area contributed by atoms with Crippen LogP contribution in [0.4, 0.5) is 5.95 Å². The van der Waals surface area contributed by atoms with Gasteiger partial charge in [0.15, 0.2) is 5.16 Å². The van der Waals surface area contributed by atoms with Gasteiger partial charge in [0.05, 0.1) is 36.7 Å². The largest absolute Gasteiger partial charge is 0.467 e. The van der Waals surface area contributed by atoms with E-state index in [-0.39, 0.29) is 18.1 Å². The van der Waals surface area contributed by atoms with Crippen molar-refractivity contribution in [2.24, 2.45) is 0 Å². The first-order chi connectivity index (χ1) is 15.7. The summed E-state index contributed by atoms with van der Waals surface area (Å²) in [6.07, 6.45) is 4.14. The third-order valence-corrected chi connectivity index (χ3v) is 6.31. The van der Waals surface area contributed by atoms with E-state index < -0.39 is 0 Å². The summed E-state index contributed by atoms with van der Waals surface area (Å²) >= 11 is 1.37. The molecule has 1 aliphatic heterocycles. The van der Waals surface area contributed by atoms with Crippen LogP contribution >= 0.6 is 11.8 Å². The first kappa shape index (κ1) is 22.0. The lowest BCUT2D eigenvalue weighted by molar-refractivity contribution is -0.129. The molecule has 0 spiro atoms. The molecule has 1 aromatic carbocycles. The van der Waals surface area contributed by atoms with Crippen LogP contribution in [0.5, 0.6) is 0 Å². The summed E-state index contributed by atoms with van der Waals surface area (Å²) < 4.78 is 7.42. The van der Waals surface area contributed by atoms with E-state index in [1.165, 1.54) is 17.3 Å². The maximum atomic E-state index is 13.0. The summed E-state index contributed by atoms with van der Waals surface area (Å²) in [5.74, 6) is 1.65. The number of aromatic nitrogens is 3. The summed E-state index contributed by atoms with van der Waals surface area (Å²) in [7, 11) is 0. The fourth-order valence-electron chi connectivity index (χ4n) is 3.68. The molecule has 0 radical (unpaired) electrons. The summed E-state index contributed by atoms with van der Waals surface area (Å²) in [5, 5.41) is 18.5. The second kappa shape index (κ2) is 10.4. The Hall–Kier alpha value is -3.25. The Kier molecular flexibility index (Phi) is 7.12. The third-order valence-electron chi connectivity index (χ3n) is 5.40. The molecule has 0 atom stereocenters. The number of hydrogen-bond acceptors (Lipinski definition) is 7. The Morgan fingerprint density at radius 3 is 2.69 bits per heavy atom. The lowest BCUT2D eigenvalue weighted by atomic mass is 10.2. The Morgan fingerprint density at radius 2 is 2.00 bits per heavy atom. The highest BCUT2D eigenvalue weighted by molar-refractivity contribution is 7.99. The number of carbonyl (C=O) groups excluding carboxylic acids is 1. The molecule has 0 saturated carbocycles. The van der Waals surface area contributed by atoms with Crippen molar-refractivity contribution in [1.82, 2.24) is 19.7 Å². The summed E-state index contributed by atoms with van der Waals surface area (Å²) in [6, 6.07) is 14.0. The van der Waals surface area contributed by atoms with Gasteiger partial charge in [-0.15, -0.1) is 10.2 Å². The molecule has 0 N–H and O–H groups in total. The average molecular weight is 451 g/mol. The Morgan fingerprint density at radius 1 is 1.22 bits per heavy atom. The van der Waals surface area contributed by atoms with Crippen molar-refractivity contribution in [2.45, 2.75) is 37.9 Å². The van der Waals surface area contributed by atoms with E-state index in [9.17, 15) is 4.79 Å². The highest BCUT2D eigenvalue weighted by Gasteiger charge is 2.24. The van der Waals surface area contributed by atoms with Gasteiger partial charge in [0.2, 0.25) is 11.9 Å². The van der Waals surface area contributed by atoms with E-state index in [0.717, 1.165) is 37.6 Å². The van der Waals surface area contributed by atoms with E-state index in [0.29, 0.717) is 24.0 Å². The van der Waals surface area contributed by atoms with Crippen LogP contribution in [-0.4, -0.2) is 51.0 Å². The number of hydrogen-bond donors (Lipinski definition) is 0. The van der Waals surface area contributed by atoms with Gasteiger partial charge >= 0.3 is 0 Å². The van der Waals surface area contributed by atoms with Gasteiger partial charge in [0, 0.05) is 19.6 Å². The minimum atomic E-state index is -0.0668. The van der Waals surface area contributed by atoms with Crippen molar-refractivity contribution in [2.75, 3.05) is 30.3 Å². The topological polar surface area (TPSA) is 91.2 Å². The highest BCUT2D eigenvalue weighted by Crippen LogP contribution is 2.29. The quantitative estimate of drug-likeness (QED) is 0.458. The van der Waals surface area contributed by atoms with Crippen molar-refractivity contribution in [3.63, 3.8) is 0 Å². The van der Waals surface area contributed by atoms with Crippen LogP contribution in [0.25, 0.3) is 5.69 Å². The van der Waals surface area contributed by atoms with E-state index in [4.69, 9.17) is 9.68 Å². The number of aryl methyl sites for hydroxylation is 1. The van der Waals surface area contributed by atoms with Crippen LogP contribution in [0, 0.1) is 18.3 Å².